The molecule has 0 saturated carbocycles. The Kier molecular flexibility index (Phi) is 6.06. The van der Waals surface area contributed by atoms with Crippen molar-refractivity contribution in [1.29, 1.82) is 0 Å². The van der Waals surface area contributed by atoms with Crippen molar-refractivity contribution in [3.63, 3.8) is 0 Å². The lowest BCUT2D eigenvalue weighted by Gasteiger charge is -2.12. The summed E-state index contributed by atoms with van der Waals surface area (Å²) in [5, 5.41) is 3.32. The van der Waals surface area contributed by atoms with Crippen molar-refractivity contribution in [2.24, 2.45) is 0 Å². The van der Waals surface area contributed by atoms with Gasteiger partial charge in [-0.2, -0.15) is 0 Å². The van der Waals surface area contributed by atoms with Gasteiger partial charge in [-0.1, -0.05) is 18.2 Å². The van der Waals surface area contributed by atoms with Gasteiger partial charge in [-0.15, -0.1) is 0 Å². The molecular formula is C17H21NO3. The first-order valence-corrected chi connectivity index (χ1v) is 6.93. The number of benzene rings is 2. The molecule has 2 rings (SSSR count). The van der Waals surface area contributed by atoms with E-state index in [0.29, 0.717) is 6.61 Å². The van der Waals surface area contributed by atoms with Gasteiger partial charge >= 0.3 is 0 Å². The number of hydrogen-bond acceptors (Lipinski definition) is 4. The molecule has 0 spiro atoms. The zero-order chi connectivity index (χ0) is 14.9. The molecule has 0 bridgehead atoms. The predicted octanol–water partition coefficient (Wildman–Crippen LogP) is 3.22. The number of para-hydroxylation sites is 1. The van der Waals surface area contributed by atoms with Gasteiger partial charge in [0.05, 0.1) is 13.7 Å². The van der Waals surface area contributed by atoms with E-state index in [2.05, 4.69) is 11.4 Å². The number of ether oxygens (including phenoxy) is 3. The Morgan fingerprint density at radius 3 is 2.33 bits per heavy atom. The van der Waals surface area contributed by atoms with Crippen LogP contribution < -0.4 is 14.8 Å². The Morgan fingerprint density at radius 1 is 0.905 bits per heavy atom. The van der Waals surface area contributed by atoms with Gasteiger partial charge in [0.2, 0.25) is 0 Å². The van der Waals surface area contributed by atoms with Crippen LogP contribution >= 0.6 is 0 Å². The molecular weight excluding hydrogens is 266 g/mol. The number of hydrogen-bond donors (Lipinski definition) is 1. The van der Waals surface area contributed by atoms with Gasteiger partial charge in [-0.25, -0.2) is 0 Å². The van der Waals surface area contributed by atoms with Crippen molar-refractivity contribution in [1.82, 2.24) is 5.32 Å². The second kappa shape index (κ2) is 8.29. The van der Waals surface area contributed by atoms with Crippen molar-refractivity contribution in [3.8, 4) is 17.2 Å². The van der Waals surface area contributed by atoms with Gasteiger partial charge < -0.3 is 19.5 Å². The molecule has 112 valence electrons. The number of rotatable bonds is 8. The van der Waals surface area contributed by atoms with E-state index in [4.69, 9.17) is 14.2 Å². The second-order valence-corrected chi connectivity index (χ2v) is 4.55. The fourth-order valence-electron chi connectivity index (χ4n) is 1.92. The normalized spacial score (nSPS) is 10.4. The first-order chi connectivity index (χ1) is 10.3. The highest BCUT2D eigenvalue weighted by molar-refractivity contribution is 5.39. The van der Waals surface area contributed by atoms with Crippen LogP contribution in [0.15, 0.2) is 48.5 Å². The van der Waals surface area contributed by atoms with Gasteiger partial charge in [0.25, 0.3) is 0 Å². The largest absolute Gasteiger partial charge is 0.497 e. The Balaban J connectivity index is 2.01. The summed E-state index contributed by atoms with van der Waals surface area (Å²) in [6, 6.07) is 15.6. The van der Waals surface area contributed by atoms with E-state index >= 15 is 0 Å². The summed E-state index contributed by atoms with van der Waals surface area (Å²) in [4.78, 5) is 0. The summed E-state index contributed by atoms with van der Waals surface area (Å²) in [6.45, 7) is 2.25. The third-order valence-electron chi connectivity index (χ3n) is 3.06. The molecule has 1 N–H and O–H groups in total. The van der Waals surface area contributed by atoms with E-state index in [9.17, 15) is 0 Å². The van der Waals surface area contributed by atoms with Crippen LogP contribution in [-0.2, 0) is 11.3 Å². The van der Waals surface area contributed by atoms with Crippen LogP contribution in [-0.4, -0.2) is 27.4 Å². The molecule has 2 aromatic rings. The standard InChI is InChI=1S/C17H21NO3/c1-19-12-11-18-13-14-5-3-4-6-17(14)21-16-9-7-15(20-2)8-10-16/h3-10,18H,11-13H2,1-2H3. The Bertz CT molecular complexity index is 540. The molecule has 0 radical (unpaired) electrons. The van der Waals surface area contributed by atoms with E-state index in [1.807, 2.05) is 42.5 Å². The molecule has 0 heterocycles. The number of methoxy groups -OCH3 is 2. The quantitative estimate of drug-likeness (QED) is 0.757. The Labute approximate surface area is 125 Å². The van der Waals surface area contributed by atoms with Gasteiger partial charge in [-0.3, -0.25) is 0 Å². The zero-order valence-electron chi connectivity index (χ0n) is 12.5. The molecule has 0 fully saturated rings. The minimum atomic E-state index is 0.696. The maximum atomic E-state index is 5.94. The fraction of sp³-hybridized carbons (Fsp3) is 0.294. The molecule has 0 atom stereocenters. The topological polar surface area (TPSA) is 39.7 Å². The van der Waals surface area contributed by atoms with Crippen molar-refractivity contribution in [3.05, 3.63) is 54.1 Å². The lowest BCUT2D eigenvalue weighted by atomic mass is 10.2. The summed E-state index contributed by atoms with van der Waals surface area (Å²) in [6.07, 6.45) is 0. The molecule has 0 aromatic heterocycles. The number of nitrogens with one attached hydrogen (secondary N) is 1. The SMILES string of the molecule is COCCNCc1ccccc1Oc1ccc(OC)cc1. The van der Waals surface area contributed by atoms with Gasteiger partial charge in [0.1, 0.15) is 17.2 Å². The van der Waals surface area contributed by atoms with Gasteiger partial charge in [-0.05, 0) is 30.3 Å². The molecule has 0 unspecified atom stereocenters. The van der Waals surface area contributed by atoms with Crippen molar-refractivity contribution < 1.29 is 14.2 Å². The molecule has 0 aliphatic carbocycles. The third-order valence-corrected chi connectivity index (χ3v) is 3.06. The molecule has 0 amide bonds. The van der Waals surface area contributed by atoms with Crippen LogP contribution in [0.25, 0.3) is 0 Å². The van der Waals surface area contributed by atoms with Crippen LogP contribution in [0.2, 0.25) is 0 Å². The summed E-state index contributed by atoms with van der Waals surface area (Å²) in [5.74, 6) is 2.46. The third kappa shape index (κ3) is 4.77. The molecule has 4 heteroatoms. The van der Waals surface area contributed by atoms with Crippen LogP contribution in [0.3, 0.4) is 0 Å². The molecule has 21 heavy (non-hydrogen) atoms. The summed E-state index contributed by atoms with van der Waals surface area (Å²) in [7, 11) is 3.35. The van der Waals surface area contributed by atoms with Crippen LogP contribution in [0.1, 0.15) is 5.56 Å². The molecule has 4 nitrogen and oxygen atoms in total. The van der Waals surface area contributed by atoms with Crippen molar-refractivity contribution in [2.75, 3.05) is 27.4 Å². The van der Waals surface area contributed by atoms with E-state index in [0.717, 1.165) is 35.9 Å². The van der Waals surface area contributed by atoms with E-state index in [-0.39, 0.29) is 0 Å². The average Bonchev–Trinajstić information content (AvgIpc) is 2.54. The maximum absolute atomic E-state index is 5.94. The zero-order valence-corrected chi connectivity index (χ0v) is 12.5. The summed E-state index contributed by atoms with van der Waals surface area (Å²) < 4.78 is 16.1. The highest BCUT2D eigenvalue weighted by atomic mass is 16.5. The highest BCUT2D eigenvalue weighted by Gasteiger charge is 2.04. The predicted molar refractivity (Wildman–Crippen MR) is 83.1 cm³/mol. The molecule has 0 aliphatic rings. The Hall–Kier alpha value is -2.04. The fourth-order valence-corrected chi connectivity index (χ4v) is 1.92. The van der Waals surface area contributed by atoms with E-state index in [1.54, 1.807) is 14.2 Å². The van der Waals surface area contributed by atoms with Crippen LogP contribution in [0, 0.1) is 0 Å². The second-order valence-electron chi connectivity index (χ2n) is 4.55. The maximum Gasteiger partial charge on any atom is 0.131 e. The Morgan fingerprint density at radius 2 is 1.62 bits per heavy atom. The minimum absolute atomic E-state index is 0.696. The monoisotopic (exact) mass is 287 g/mol. The van der Waals surface area contributed by atoms with Gasteiger partial charge in [0.15, 0.2) is 0 Å². The molecule has 0 aliphatic heterocycles. The van der Waals surface area contributed by atoms with Crippen molar-refractivity contribution >= 4 is 0 Å². The lowest BCUT2D eigenvalue weighted by Crippen LogP contribution is -2.18. The smallest absolute Gasteiger partial charge is 0.131 e. The average molecular weight is 287 g/mol. The van der Waals surface area contributed by atoms with Crippen LogP contribution in [0.4, 0.5) is 0 Å². The lowest BCUT2D eigenvalue weighted by molar-refractivity contribution is 0.199. The van der Waals surface area contributed by atoms with E-state index in [1.165, 1.54) is 0 Å². The summed E-state index contributed by atoms with van der Waals surface area (Å²) in [5.41, 5.74) is 1.12. The van der Waals surface area contributed by atoms with Crippen LogP contribution in [0.5, 0.6) is 17.2 Å². The summed E-state index contributed by atoms with van der Waals surface area (Å²) >= 11 is 0. The first kappa shape index (κ1) is 15.4. The highest BCUT2D eigenvalue weighted by Crippen LogP contribution is 2.26. The molecule has 0 saturated heterocycles. The first-order valence-electron chi connectivity index (χ1n) is 6.93. The van der Waals surface area contributed by atoms with Gasteiger partial charge in [0, 0.05) is 25.8 Å². The van der Waals surface area contributed by atoms with E-state index < -0.39 is 0 Å². The van der Waals surface area contributed by atoms with Crippen molar-refractivity contribution in [2.45, 2.75) is 6.54 Å². The minimum Gasteiger partial charge on any atom is -0.497 e. The molecule has 2 aromatic carbocycles.